The van der Waals surface area contributed by atoms with E-state index >= 15 is 0 Å². The Labute approximate surface area is 110 Å². The predicted octanol–water partition coefficient (Wildman–Crippen LogP) is 0.499. The van der Waals surface area contributed by atoms with Gasteiger partial charge in [-0.3, -0.25) is 9.55 Å². The third-order valence-corrected chi connectivity index (χ3v) is 2.44. The summed E-state index contributed by atoms with van der Waals surface area (Å²) >= 11 is 0. The van der Waals surface area contributed by atoms with Gasteiger partial charge in [-0.05, 0) is 39.0 Å². The monoisotopic (exact) mass is 262 g/mol. The number of nitrogens with zero attached hydrogens (tertiary/aromatic N) is 2. The van der Waals surface area contributed by atoms with Crippen LogP contribution in [0.4, 0.5) is 4.79 Å². The summed E-state index contributed by atoms with van der Waals surface area (Å²) in [5.74, 6) is 0. The molecule has 0 unspecified atom stereocenters. The molecule has 0 aliphatic rings. The molecular weight excluding hydrogens is 247 g/mol. The van der Waals surface area contributed by atoms with Gasteiger partial charge in [-0.1, -0.05) is 0 Å². The van der Waals surface area contributed by atoms with Crippen LogP contribution < -0.4 is 5.59 Å². The van der Waals surface area contributed by atoms with Gasteiger partial charge in [0.25, 0.3) is 0 Å². The second kappa shape index (κ2) is 4.67. The number of hydrogen-bond donors (Lipinski definition) is 2. The van der Waals surface area contributed by atoms with E-state index in [1.807, 2.05) is 0 Å². The number of carbonyl (C=O) groups is 1. The molecule has 0 aliphatic heterocycles. The first kappa shape index (κ1) is 13.6. The van der Waals surface area contributed by atoms with E-state index in [0.717, 1.165) is 4.57 Å². The van der Waals surface area contributed by atoms with Crippen LogP contribution in [0.2, 0.25) is 0 Å². The largest absolute Gasteiger partial charge is 0.506 e. The molecule has 0 spiro atoms. The minimum atomic E-state index is -1.78. The molecule has 6 nitrogen and oxygen atoms in total. The molecule has 0 bridgehead atoms. The summed E-state index contributed by atoms with van der Waals surface area (Å²) in [5.41, 5.74) is 0.326. The minimum absolute atomic E-state index is 0.0305. The van der Waals surface area contributed by atoms with Crippen molar-refractivity contribution in [1.82, 2.24) is 9.55 Å². The highest BCUT2D eigenvalue weighted by Gasteiger charge is 2.27. The lowest BCUT2D eigenvalue weighted by atomic mass is 9.86. The smallest absolute Gasteiger partial charge is 0.443 e. The molecule has 0 fully saturated rings. The Morgan fingerprint density at radius 3 is 2.68 bits per heavy atom. The molecule has 0 radical (unpaired) electrons. The molecule has 2 aromatic heterocycles. The van der Waals surface area contributed by atoms with Gasteiger partial charge in [0.15, 0.2) is 0 Å². The van der Waals surface area contributed by atoms with E-state index < -0.39 is 18.8 Å². The molecule has 19 heavy (non-hydrogen) atoms. The van der Waals surface area contributed by atoms with Gasteiger partial charge in [0.2, 0.25) is 0 Å². The van der Waals surface area contributed by atoms with E-state index in [2.05, 4.69) is 4.98 Å². The third-order valence-electron chi connectivity index (χ3n) is 2.44. The van der Waals surface area contributed by atoms with Gasteiger partial charge < -0.3 is 14.8 Å². The number of fused-ring (bicyclic) bond motifs is 1. The van der Waals surface area contributed by atoms with E-state index in [1.54, 1.807) is 39.1 Å². The summed E-state index contributed by atoms with van der Waals surface area (Å²) in [6.45, 7) is 5.22. The average molecular weight is 262 g/mol. The molecule has 2 aromatic rings. The Morgan fingerprint density at radius 1 is 1.42 bits per heavy atom. The van der Waals surface area contributed by atoms with Gasteiger partial charge in [-0.25, -0.2) is 4.79 Å². The summed E-state index contributed by atoms with van der Waals surface area (Å²) in [4.78, 5) is 16.2. The lowest BCUT2D eigenvalue weighted by Crippen LogP contribution is -2.40. The lowest BCUT2D eigenvalue weighted by Gasteiger charge is -2.20. The fraction of sp³-hybridized carbons (Fsp3) is 0.333. The maximum atomic E-state index is 12.2. The first-order valence-corrected chi connectivity index (χ1v) is 5.85. The number of carbonyl (C=O) groups excluding carboxylic acids is 1. The molecule has 0 saturated heterocycles. The number of rotatable bonds is 1. The SMILES string of the molecule is CC(C)(C)OC(=O)n1c(B(O)O)cc2ncccc21. The highest BCUT2D eigenvalue weighted by Crippen LogP contribution is 2.15. The van der Waals surface area contributed by atoms with Crippen LogP contribution in [0.5, 0.6) is 0 Å². The van der Waals surface area contributed by atoms with Gasteiger partial charge >= 0.3 is 13.2 Å². The summed E-state index contributed by atoms with van der Waals surface area (Å²) in [5, 5.41) is 18.7. The van der Waals surface area contributed by atoms with Gasteiger partial charge in [0.05, 0.1) is 16.6 Å². The van der Waals surface area contributed by atoms with Crippen LogP contribution in [-0.4, -0.2) is 38.4 Å². The Morgan fingerprint density at radius 2 is 2.11 bits per heavy atom. The highest BCUT2D eigenvalue weighted by atomic mass is 16.6. The molecule has 2 heterocycles. The molecule has 100 valence electrons. The normalized spacial score (nSPS) is 11.6. The second-order valence-electron chi connectivity index (χ2n) is 5.17. The maximum Gasteiger partial charge on any atom is 0.506 e. The predicted molar refractivity (Wildman–Crippen MR) is 71.2 cm³/mol. The maximum absolute atomic E-state index is 12.2. The average Bonchev–Trinajstić information content (AvgIpc) is 2.65. The second-order valence-corrected chi connectivity index (χ2v) is 5.17. The van der Waals surface area contributed by atoms with Crippen LogP contribution in [-0.2, 0) is 4.74 Å². The van der Waals surface area contributed by atoms with Crippen LogP contribution in [0.3, 0.4) is 0 Å². The Kier molecular flexibility index (Phi) is 3.34. The first-order chi connectivity index (χ1) is 8.79. The van der Waals surface area contributed by atoms with Crippen LogP contribution in [0.15, 0.2) is 24.4 Å². The van der Waals surface area contributed by atoms with Crippen molar-refractivity contribution >= 4 is 29.8 Å². The zero-order chi connectivity index (χ0) is 14.2. The standard InChI is InChI=1S/C12H15BN2O4/c1-12(2,3)19-11(16)15-9-5-4-6-14-8(9)7-10(15)13(17)18/h4-7,17-18H,1-3H3. The summed E-state index contributed by atoms with van der Waals surface area (Å²) < 4.78 is 6.38. The molecular formula is C12H15BN2O4. The van der Waals surface area contributed by atoms with Crippen LogP contribution in [0.25, 0.3) is 11.0 Å². The van der Waals surface area contributed by atoms with Crippen LogP contribution >= 0.6 is 0 Å². The quantitative estimate of drug-likeness (QED) is 0.731. The fourth-order valence-corrected chi connectivity index (χ4v) is 1.75. The van der Waals surface area contributed by atoms with E-state index in [4.69, 9.17) is 4.74 Å². The van der Waals surface area contributed by atoms with Crippen molar-refractivity contribution in [2.45, 2.75) is 26.4 Å². The van der Waals surface area contributed by atoms with E-state index in [0.29, 0.717) is 11.0 Å². The van der Waals surface area contributed by atoms with Crippen molar-refractivity contribution in [1.29, 1.82) is 0 Å². The highest BCUT2D eigenvalue weighted by molar-refractivity contribution is 6.58. The summed E-state index contributed by atoms with van der Waals surface area (Å²) in [7, 11) is -1.78. The number of hydrogen-bond acceptors (Lipinski definition) is 5. The van der Waals surface area contributed by atoms with E-state index in [9.17, 15) is 14.8 Å². The molecule has 0 amide bonds. The lowest BCUT2D eigenvalue weighted by molar-refractivity contribution is 0.0547. The Balaban J connectivity index is 2.56. The fourth-order valence-electron chi connectivity index (χ4n) is 1.75. The van der Waals surface area contributed by atoms with Crippen LogP contribution in [0, 0.1) is 0 Å². The molecule has 2 N–H and O–H groups in total. The third kappa shape index (κ3) is 2.77. The van der Waals surface area contributed by atoms with Crippen molar-refractivity contribution < 1.29 is 19.6 Å². The van der Waals surface area contributed by atoms with Crippen LogP contribution in [0.1, 0.15) is 20.8 Å². The number of aromatic nitrogens is 2. The zero-order valence-corrected chi connectivity index (χ0v) is 11.0. The van der Waals surface area contributed by atoms with Crippen molar-refractivity contribution in [3.05, 3.63) is 24.4 Å². The van der Waals surface area contributed by atoms with E-state index in [-0.39, 0.29) is 5.59 Å². The van der Waals surface area contributed by atoms with Crippen molar-refractivity contribution in [2.75, 3.05) is 0 Å². The van der Waals surface area contributed by atoms with Gasteiger partial charge in [-0.2, -0.15) is 0 Å². The molecule has 0 aromatic carbocycles. The molecule has 0 aliphatic carbocycles. The molecule has 7 heteroatoms. The van der Waals surface area contributed by atoms with Crippen molar-refractivity contribution in [3.8, 4) is 0 Å². The first-order valence-electron chi connectivity index (χ1n) is 5.85. The molecule has 0 saturated carbocycles. The van der Waals surface area contributed by atoms with Gasteiger partial charge in [0, 0.05) is 6.20 Å². The van der Waals surface area contributed by atoms with E-state index in [1.165, 1.54) is 6.07 Å². The topological polar surface area (TPSA) is 84.6 Å². The minimum Gasteiger partial charge on any atom is -0.443 e. The van der Waals surface area contributed by atoms with Gasteiger partial charge in [-0.15, -0.1) is 0 Å². The van der Waals surface area contributed by atoms with Crippen molar-refractivity contribution in [2.24, 2.45) is 0 Å². The molecule has 0 atom stereocenters. The molecule has 2 rings (SSSR count). The number of pyridine rings is 1. The summed E-state index contributed by atoms with van der Waals surface area (Å²) in [6.07, 6.45) is 0.897. The van der Waals surface area contributed by atoms with Crippen molar-refractivity contribution in [3.63, 3.8) is 0 Å². The summed E-state index contributed by atoms with van der Waals surface area (Å²) in [6, 6.07) is 4.78. The Bertz CT molecular complexity index is 616. The Hall–Kier alpha value is -1.86. The number of ether oxygens (including phenoxy) is 1. The zero-order valence-electron chi connectivity index (χ0n) is 11.0. The van der Waals surface area contributed by atoms with Gasteiger partial charge in [0.1, 0.15) is 5.60 Å².